The fourth-order valence-electron chi connectivity index (χ4n) is 3.44. The summed E-state index contributed by atoms with van der Waals surface area (Å²) >= 11 is 0. The highest BCUT2D eigenvalue weighted by Crippen LogP contribution is 2.41. The highest BCUT2D eigenvalue weighted by Gasteiger charge is 2.29. The lowest BCUT2D eigenvalue weighted by Gasteiger charge is -2.12. The van der Waals surface area contributed by atoms with E-state index in [1.807, 2.05) is 0 Å². The molecule has 3 aromatic carbocycles. The molecule has 0 aliphatic carbocycles. The van der Waals surface area contributed by atoms with E-state index < -0.39 is 33.6 Å². The van der Waals surface area contributed by atoms with Gasteiger partial charge in [-0.05, 0) is 30.3 Å². The number of benzene rings is 3. The Morgan fingerprint density at radius 1 is 0.844 bits per heavy atom. The Balaban J connectivity index is 2.10. The van der Waals surface area contributed by atoms with E-state index in [1.54, 1.807) is 0 Å². The van der Waals surface area contributed by atoms with Crippen molar-refractivity contribution >= 4 is 9.84 Å². The molecule has 164 valence electrons. The first-order chi connectivity index (χ1) is 15.2. The van der Waals surface area contributed by atoms with E-state index in [1.165, 1.54) is 60.7 Å². The second-order valence-electron chi connectivity index (χ2n) is 7.05. The van der Waals surface area contributed by atoms with Crippen molar-refractivity contribution in [2.75, 3.05) is 6.26 Å². The molecule has 0 fully saturated rings. The minimum Gasteiger partial charge on any atom is -0.229 e. The van der Waals surface area contributed by atoms with Crippen molar-refractivity contribution < 1.29 is 26.0 Å². The van der Waals surface area contributed by atoms with E-state index in [4.69, 9.17) is 0 Å². The first-order valence-corrected chi connectivity index (χ1v) is 11.3. The summed E-state index contributed by atoms with van der Waals surface area (Å²) in [6.07, 6.45) is -2.04. The zero-order chi connectivity index (χ0) is 23.0. The summed E-state index contributed by atoms with van der Waals surface area (Å²) in [5.41, 5.74) is -0.894. The third-order valence-corrected chi connectivity index (χ3v) is 6.03. The average Bonchev–Trinajstić information content (AvgIpc) is 3.14. The minimum atomic E-state index is -3.51. The van der Waals surface area contributed by atoms with Crippen LogP contribution in [0.15, 0.2) is 77.7 Å². The van der Waals surface area contributed by atoms with E-state index in [0.29, 0.717) is 0 Å². The molecule has 32 heavy (non-hydrogen) atoms. The van der Waals surface area contributed by atoms with Crippen LogP contribution in [0, 0.1) is 11.6 Å². The van der Waals surface area contributed by atoms with Gasteiger partial charge in [0.25, 0.3) is 6.43 Å². The van der Waals surface area contributed by atoms with E-state index in [2.05, 4.69) is 5.10 Å². The predicted octanol–water partition coefficient (Wildman–Crippen LogP) is 5.83. The maximum atomic E-state index is 14.7. The molecule has 4 aromatic rings. The van der Waals surface area contributed by atoms with Gasteiger partial charge in [0, 0.05) is 22.9 Å². The van der Waals surface area contributed by atoms with Gasteiger partial charge in [-0.25, -0.2) is 30.7 Å². The molecule has 9 heteroatoms. The summed E-state index contributed by atoms with van der Waals surface area (Å²) in [6, 6.07) is 16.2. The summed E-state index contributed by atoms with van der Waals surface area (Å²) in [5.74, 6) is -1.47. The lowest BCUT2D eigenvalue weighted by molar-refractivity contribution is 0.146. The van der Waals surface area contributed by atoms with Crippen LogP contribution in [0.2, 0.25) is 0 Å². The number of hydrogen-bond acceptors (Lipinski definition) is 3. The van der Waals surface area contributed by atoms with Gasteiger partial charge in [-0.2, -0.15) is 5.10 Å². The quantitative estimate of drug-likeness (QED) is 0.353. The van der Waals surface area contributed by atoms with Crippen LogP contribution in [0.4, 0.5) is 17.6 Å². The van der Waals surface area contributed by atoms with Crippen LogP contribution in [0.25, 0.3) is 28.1 Å². The maximum Gasteiger partial charge on any atom is 0.282 e. The molecule has 4 nitrogen and oxygen atoms in total. The van der Waals surface area contributed by atoms with Gasteiger partial charge in [-0.1, -0.05) is 42.5 Å². The summed E-state index contributed by atoms with van der Waals surface area (Å²) in [7, 11) is -3.51. The summed E-state index contributed by atoms with van der Waals surface area (Å²) in [5, 5.41) is 3.95. The van der Waals surface area contributed by atoms with Gasteiger partial charge >= 0.3 is 0 Å². The van der Waals surface area contributed by atoms with Gasteiger partial charge in [0.1, 0.15) is 23.0 Å². The van der Waals surface area contributed by atoms with Gasteiger partial charge in [0.05, 0.1) is 10.6 Å². The molecular formula is C23H16F4N2O2S. The number of hydrogen-bond donors (Lipinski definition) is 0. The van der Waals surface area contributed by atoms with Gasteiger partial charge in [-0.15, -0.1) is 0 Å². The van der Waals surface area contributed by atoms with Crippen LogP contribution in [0.5, 0.6) is 0 Å². The number of halogens is 4. The Morgan fingerprint density at radius 2 is 1.44 bits per heavy atom. The fraction of sp³-hybridized carbons (Fsp3) is 0.0870. The van der Waals surface area contributed by atoms with Gasteiger partial charge in [-0.3, -0.25) is 0 Å². The Hall–Kier alpha value is -3.46. The van der Waals surface area contributed by atoms with E-state index >= 15 is 0 Å². The van der Waals surface area contributed by atoms with Crippen LogP contribution >= 0.6 is 0 Å². The molecule has 0 spiro atoms. The molecule has 0 saturated heterocycles. The highest BCUT2D eigenvalue weighted by molar-refractivity contribution is 7.90. The van der Waals surface area contributed by atoms with Crippen molar-refractivity contribution in [3.05, 3.63) is 90.1 Å². The molecule has 1 heterocycles. The summed E-state index contributed by atoms with van der Waals surface area (Å²) < 4.78 is 82.0. The average molecular weight is 460 g/mol. The molecule has 0 bridgehead atoms. The molecule has 4 rings (SSSR count). The summed E-state index contributed by atoms with van der Waals surface area (Å²) in [4.78, 5) is 0.0136. The first kappa shape index (κ1) is 21.8. The van der Waals surface area contributed by atoms with Gasteiger partial charge in [0.15, 0.2) is 9.84 Å². The van der Waals surface area contributed by atoms with E-state index in [9.17, 15) is 26.0 Å². The standard InChI is InChI=1S/C23H16F4N2O2S/c1-32(30,31)15-12-10-14(11-13-15)22-20(16-6-2-3-7-17(16)24)21(23(26)27)28-29(22)19-9-5-4-8-18(19)25/h2-13,23H,1H3. The number of rotatable bonds is 5. The Morgan fingerprint density at radius 3 is 2.00 bits per heavy atom. The van der Waals surface area contributed by atoms with Crippen LogP contribution in [0.1, 0.15) is 12.1 Å². The Kier molecular flexibility index (Phi) is 5.60. The van der Waals surface area contributed by atoms with Crippen molar-refractivity contribution in [2.45, 2.75) is 11.3 Å². The molecule has 0 radical (unpaired) electrons. The van der Waals surface area contributed by atoms with E-state index in [-0.39, 0.29) is 33.0 Å². The third-order valence-electron chi connectivity index (χ3n) is 4.90. The fourth-order valence-corrected chi connectivity index (χ4v) is 4.07. The minimum absolute atomic E-state index is 0.00977. The van der Waals surface area contributed by atoms with Crippen molar-refractivity contribution in [1.29, 1.82) is 0 Å². The SMILES string of the molecule is CS(=O)(=O)c1ccc(-c2c(-c3ccccc3F)c(C(F)F)nn2-c2ccccc2F)cc1. The van der Waals surface area contributed by atoms with Gasteiger partial charge in [0.2, 0.25) is 0 Å². The molecule has 0 atom stereocenters. The molecule has 0 saturated carbocycles. The Bertz CT molecular complexity index is 1400. The predicted molar refractivity (Wildman–Crippen MR) is 112 cm³/mol. The molecular weight excluding hydrogens is 444 g/mol. The Labute approximate surface area is 181 Å². The molecule has 0 N–H and O–H groups in total. The molecule has 1 aromatic heterocycles. The molecule has 0 aliphatic rings. The normalized spacial score (nSPS) is 11.8. The number of para-hydroxylation sites is 1. The topological polar surface area (TPSA) is 52.0 Å². The number of alkyl halides is 2. The maximum absolute atomic E-state index is 14.7. The zero-order valence-corrected chi connectivity index (χ0v) is 17.5. The van der Waals surface area contributed by atoms with Crippen LogP contribution in [0.3, 0.4) is 0 Å². The third kappa shape index (κ3) is 3.91. The zero-order valence-electron chi connectivity index (χ0n) is 16.6. The van der Waals surface area contributed by atoms with Crippen LogP contribution in [-0.4, -0.2) is 24.5 Å². The monoisotopic (exact) mass is 460 g/mol. The van der Waals surface area contributed by atoms with Crippen molar-refractivity contribution in [1.82, 2.24) is 9.78 Å². The van der Waals surface area contributed by atoms with Crippen molar-refractivity contribution in [3.63, 3.8) is 0 Å². The van der Waals surface area contributed by atoms with Crippen molar-refractivity contribution in [2.24, 2.45) is 0 Å². The molecule has 0 unspecified atom stereocenters. The van der Waals surface area contributed by atoms with Crippen molar-refractivity contribution in [3.8, 4) is 28.1 Å². The lowest BCUT2D eigenvalue weighted by Crippen LogP contribution is -2.03. The van der Waals surface area contributed by atoms with Crippen LogP contribution < -0.4 is 0 Å². The molecule has 0 aliphatic heterocycles. The van der Waals surface area contributed by atoms with Crippen LogP contribution in [-0.2, 0) is 9.84 Å². The molecule has 0 amide bonds. The second-order valence-corrected chi connectivity index (χ2v) is 9.06. The lowest BCUT2D eigenvalue weighted by atomic mass is 9.98. The van der Waals surface area contributed by atoms with E-state index in [0.717, 1.165) is 23.1 Å². The number of nitrogens with zero attached hydrogens (tertiary/aromatic N) is 2. The number of sulfone groups is 1. The summed E-state index contributed by atoms with van der Waals surface area (Å²) in [6.45, 7) is 0. The smallest absolute Gasteiger partial charge is 0.229 e. The highest BCUT2D eigenvalue weighted by atomic mass is 32.2. The number of aromatic nitrogens is 2. The van der Waals surface area contributed by atoms with Gasteiger partial charge < -0.3 is 0 Å². The first-order valence-electron chi connectivity index (χ1n) is 9.40. The largest absolute Gasteiger partial charge is 0.282 e. The second kappa shape index (κ2) is 8.23.